The topological polar surface area (TPSA) is 106 Å². The number of nitrogens with one attached hydrogen (secondary N) is 2. The molecule has 0 saturated carbocycles. The van der Waals surface area contributed by atoms with Gasteiger partial charge in [0.15, 0.2) is 0 Å². The number of aryl methyl sites for hydroxylation is 2. The maximum Gasteiger partial charge on any atom is 0.319 e. The summed E-state index contributed by atoms with van der Waals surface area (Å²) in [7, 11) is 0. The van der Waals surface area contributed by atoms with Gasteiger partial charge in [-0.3, -0.25) is 4.79 Å². The molecule has 27 heavy (non-hydrogen) atoms. The molecule has 1 aromatic carbocycles. The van der Waals surface area contributed by atoms with Crippen molar-refractivity contribution < 1.29 is 14.3 Å². The maximum atomic E-state index is 12.1. The molecular formula is C20H26N4O3. The van der Waals surface area contributed by atoms with Crippen molar-refractivity contribution in [3.05, 3.63) is 47.7 Å². The lowest BCUT2D eigenvalue weighted by molar-refractivity contribution is -0.122. The van der Waals surface area contributed by atoms with Crippen molar-refractivity contribution in [1.29, 1.82) is 0 Å². The molecule has 7 heteroatoms. The van der Waals surface area contributed by atoms with Gasteiger partial charge in [-0.2, -0.15) is 0 Å². The minimum absolute atomic E-state index is 0.411. The second-order valence-electron chi connectivity index (χ2n) is 7.53. The van der Waals surface area contributed by atoms with Crippen molar-refractivity contribution in [3.8, 4) is 11.6 Å². The third kappa shape index (κ3) is 5.70. The number of rotatable bonds is 5. The molecule has 1 aromatic heterocycles. The molecular weight excluding hydrogens is 344 g/mol. The molecule has 144 valence electrons. The molecule has 0 saturated heterocycles. The average molecular weight is 370 g/mol. The first-order valence-corrected chi connectivity index (χ1v) is 8.64. The van der Waals surface area contributed by atoms with Crippen molar-refractivity contribution in [2.45, 2.75) is 40.7 Å². The number of carbonyl (C=O) groups is 2. The van der Waals surface area contributed by atoms with Crippen LogP contribution in [0.3, 0.4) is 0 Å². The van der Waals surface area contributed by atoms with Gasteiger partial charge in [-0.15, -0.1) is 0 Å². The smallest absolute Gasteiger partial charge is 0.319 e. The lowest BCUT2D eigenvalue weighted by atomic mass is 9.86. The van der Waals surface area contributed by atoms with E-state index in [1.807, 2.05) is 52.8 Å². The predicted molar refractivity (Wildman–Crippen MR) is 105 cm³/mol. The summed E-state index contributed by atoms with van der Waals surface area (Å²) in [5.74, 6) is 0.514. The quantitative estimate of drug-likeness (QED) is 0.748. The lowest BCUT2D eigenvalue weighted by Crippen LogP contribution is -2.53. The number of amides is 3. The van der Waals surface area contributed by atoms with Crippen molar-refractivity contribution in [2.24, 2.45) is 11.1 Å². The van der Waals surface area contributed by atoms with Crippen LogP contribution in [0.15, 0.2) is 36.5 Å². The molecule has 4 N–H and O–H groups in total. The number of ether oxygens (including phenoxy) is 1. The minimum atomic E-state index is -0.794. The van der Waals surface area contributed by atoms with E-state index in [0.717, 1.165) is 5.56 Å². The van der Waals surface area contributed by atoms with Crippen LogP contribution in [0.4, 0.5) is 10.5 Å². The van der Waals surface area contributed by atoms with E-state index in [0.29, 0.717) is 17.3 Å². The summed E-state index contributed by atoms with van der Waals surface area (Å²) in [6.07, 6.45) is 1.48. The van der Waals surface area contributed by atoms with E-state index in [9.17, 15) is 9.59 Å². The number of primary amides is 1. The van der Waals surface area contributed by atoms with E-state index in [1.165, 1.54) is 11.8 Å². The van der Waals surface area contributed by atoms with Gasteiger partial charge >= 0.3 is 6.03 Å². The van der Waals surface area contributed by atoms with Crippen molar-refractivity contribution >= 4 is 17.6 Å². The summed E-state index contributed by atoms with van der Waals surface area (Å²) in [6.45, 7) is 9.51. The number of aromatic nitrogens is 1. The predicted octanol–water partition coefficient (Wildman–Crippen LogP) is 3.51. The van der Waals surface area contributed by atoms with Crippen LogP contribution in [0, 0.1) is 19.3 Å². The zero-order valence-corrected chi connectivity index (χ0v) is 16.3. The van der Waals surface area contributed by atoms with Crippen LogP contribution in [-0.4, -0.2) is 23.0 Å². The van der Waals surface area contributed by atoms with Crippen LogP contribution < -0.4 is 21.1 Å². The molecule has 0 radical (unpaired) electrons. The van der Waals surface area contributed by atoms with E-state index in [-0.39, 0.29) is 0 Å². The molecule has 2 rings (SSSR count). The Morgan fingerprint density at radius 2 is 1.81 bits per heavy atom. The number of nitrogens with two attached hydrogens (primary N) is 1. The van der Waals surface area contributed by atoms with Crippen LogP contribution >= 0.6 is 0 Å². The Balaban J connectivity index is 1.99. The molecule has 0 aliphatic carbocycles. The van der Waals surface area contributed by atoms with Gasteiger partial charge in [-0.1, -0.05) is 26.8 Å². The summed E-state index contributed by atoms with van der Waals surface area (Å²) in [5.41, 5.74) is 7.66. The number of anilines is 1. The average Bonchev–Trinajstić information content (AvgIpc) is 2.56. The summed E-state index contributed by atoms with van der Waals surface area (Å²) >= 11 is 0. The van der Waals surface area contributed by atoms with E-state index >= 15 is 0 Å². The van der Waals surface area contributed by atoms with Crippen LogP contribution in [0.1, 0.15) is 31.9 Å². The Bertz CT molecular complexity index is 826. The van der Waals surface area contributed by atoms with Crippen molar-refractivity contribution in [3.63, 3.8) is 0 Å². The van der Waals surface area contributed by atoms with Crippen molar-refractivity contribution in [1.82, 2.24) is 10.3 Å². The van der Waals surface area contributed by atoms with E-state index < -0.39 is 23.4 Å². The van der Waals surface area contributed by atoms with E-state index in [2.05, 4.69) is 15.6 Å². The molecule has 3 amide bonds. The Morgan fingerprint density at radius 1 is 1.11 bits per heavy atom. The van der Waals surface area contributed by atoms with Crippen molar-refractivity contribution in [2.75, 3.05) is 5.32 Å². The number of carbonyl (C=O) groups excluding carboxylic acids is 2. The fourth-order valence-electron chi connectivity index (χ4n) is 2.43. The van der Waals surface area contributed by atoms with Crippen LogP contribution in [0.25, 0.3) is 0 Å². The summed E-state index contributed by atoms with van der Waals surface area (Å²) in [4.78, 5) is 27.9. The van der Waals surface area contributed by atoms with Gasteiger partial charge in [0.2, 0.25) is 11.8 Å². The first kappa shape index (κ1) is 20.2. The molecule has 0 aliphatic rings. The Kier molecular flexibility index (Phi) is 6.05. The molecule has 0 spiro atoms. The first-order chi connectivity index (χ1) is 12.6. The SMILES string of the molecule is Cc1ccc(Oc2ccc(NC(=O)N[C@H](C(N)=O)C(C)(C)C)cn2)cc1C. The number of urea groups is 1. The highest BCUT2D eigenvalue weighted by Crippen LogP contribution is 2.23. The minimum Gasteiger partial charge on any atom is -0.439 e. The monoisotopic (exact) mass is 370 g/mol. The summed E-state index contributed by atoms with van der Waals surface area (Å²) < 4.78 is 5.71. The van der Waals surface area contributed by atoms with Gasteiger partial charge < -0.3 is 21.1 Å². The zero-order valence-electron chi connectivity index (χ0n) is 16.3. The largest absolute Gasteiger partial charge is 0.439 e. The highest BCUT2D eigenvalue weighted by atomic mass is 16.5. The van der Waals surface area contributed by atoms with Gasteiger partial charge in [0, 0.05) is 6.07 Å². The molecule has 1 heterocycles. The fourth-order valence-corrected chi connectivity index (χ4v) is 2.43. The highest BCUT2D eigenvalue weighted by molar-refractivity contribution is 5.93. The first-order valence-electron chi connectivity index (χ1n) is 8.64. The third-order valence-electron chi connectivity index (χ3n) is 4.12. The van der Waals surface area contributed by atoms with Crippen LogP contribution in [-0.2, 0) is 4.79 Å². The standard InChI is InChI=1S/C20H26N4O3/c1-12-6-8-15(10-13(12)2)27-16-9-7-14(11-22-16)23-19(26)24-17(18(21)25)20(3,4)5/h6-11,17H,1-5H3,(H2,21,25)(H2,23,24,26)/t17-/m1/s1. The molecule has 0 unspecified atom stereocenters. The van der Waals surface area contributed by atoms with Gasteiger partial charge in [0.1, 0.15) is 11.8 Å². The number of benzene rings is 1. The molecule has 1 atom stereocenters. The van der Waals surface area contributed by atoms with Crippen LogP contribution in [0.2, 0.25) is 0 Å². The van der Waals surface area contributed by atoms with Gasteiger partial charge in [0.25, 0.3) is 0 Å². The van der Waals surface area contributed by atoms with Crippen LogP contribution in [0.5, 0.6) is 11.6 Å². The number of nitrogens with zero attached hydrogens (tertiary/aromatic N) is 1. The van der Waals surface area contributed by atoms with Gasteiger partial charge in [-0.05, 0) is 48.6 Å². The highest BCUT2D eigenvalue weighted by Gasteiger charge is 2.31. The third-order valence-corrected chi connectivity index (χ3v) is 4.12. The van der Waals surface area contributed by atoms with Gasteiger partial charge in [-0.25, -0.2) is 9.78 Å². The Labute approximate surface area is 159 Å². The van der Waals surface area contributed by atoms with E-state index in [4.69, 9.17) is 10.5 Å². The summed E-state index contributed by atoms with van der Waals surface area (Å²) in [6, 6.07) is 7.79. The molecule has 7 nitrogen and oxygen atoms in total. The maximum absolute atomic E-state index is 12.1. The number of hydrogen-bond acceptors (Lipinski definition) is 4. The zero-order chi connectivity index (χ0) is 20.2. The second-order valence-corrected chi connectivity index (χ2v) is 7.53. The summed E-state index contributed by atoms with van der Waals surface area (Å²) in [5, 5.41) is 5.22. The van der Waals surface area contributed by atoms with Gasteiger partial charge in [0.05, 0.1) is 11.9 Å². The molecule has 2 aromatic rings. The molecule has 0 aliphatic heterocycles. The second kappa shape index (κ2) is 8.07. The Morgan fingerprint density at radius 3 is 2.33 bits per heavy atom. The fraction of sp³-hybridized carbons (Fsp3) is 0.350. The lowest BCUT2D eigenvalue weighted by Gasteiger charge is -2.28. The molecule has 0 bridgehead atoms. The molecule has 0 fully saturated rings. The van der Waals surface area contributed by atoms with E-state index in [1.54, 1.807) is 12.1 Å². The Hall–Kier alpha value is -3.09. The normalized spacial score (nSPS) is 12.2. The number of pyridine rings is 1. The number of hydrogen-bond donors (Lipinski definition) is 3.